The van der Waals surface area contributed by atoms with Crippen LogP contribution in [0, 0.1) is 0 Å². The van der Waals surface area contributed by atoms with Crippen LogP contribution in [-0.2, 0) is 0 Å². The van der Waals surface area contributed by atoms with Gasteiger partial charge in [-0.05, 0) is 25.0 Å². The van der Waals surface area contributed by atoms with E-state index in [1.54, 1.807) is 0 Å². The van der Waals surface area contributed by atoms with E-state index >= 15 is 0 Å². The van der Waals surface area contributed by atoms with E-state index in [0.29, 0.717) is 0 Å². The highest BCUT2D eigenvalue weighted by molar-refractivity contribution is 5.85. The number of hydrogen-bond acceptors (Lipinski definition) is 2. The summed E-state index contributed by atoms with van der Waals surface area (Å²) in [4.78, 5) is 0. The van der Waals surface area contributed by atoms with Crippen molar-refractivity contribution in [2.45, 2.75) is 37.6 Å². The van der Waals surface area contributed by atoms with Gasteiger partial charge in [0.1, 0.15) is 0 Å². The Bertz CT molecular complexity index is 298. The van der Waals surface area contributed by atoms with Crippen LogP contribution in [0.25, 0.3) is 0 Å². The van der Waals surface area contributed by atoms with Crippen molar-refractivity contribution in [3.05, 3.63) is 30.3 Å². The Morgan fingerprint density at radius 3 is 2.12 bits per heavy atom. The molecule has 1 aromatic carbocycles. The molecule has 1 fully saturated rings. The van der Waals surface area contributed by atoms with Crippen LogP contribution in [0.4, 0.5) is 5.69 Å². The fraction of sp³-hybridized carbons (Fsp3) is 0.538. The molecule has 2 nitrogen and oxygen atoms in total. The Balaban J connectivity index is 0.00000128. The van der Waals surface area contributed by atoms with Crippen LogP contribution in [0.1, 0.15) is 32.1 Å². The van der Waals surface area contributed by atoms with Crippen molar-refractivity contribution in [1.82, 2.24) is 0 Å². The lowest BCUT2D eigenvalue weighted by atomic mass is 9.81. The molecule has 0 radical (unpaired) electrons. The average Bonchev–Trinajstić information content (AvgIpc) is 2.32. The summed E-state index contributed by atoms with van der Waals surface area (Å²) in [6.45, 7) is 0.738. The van der Waals surface area contributed by atoms with Crippen LogP contribution in [-0.4, -0.2) is 12.1 Å². The van der Waals surface area contributed by atoms with Gasteiger partial charge in [0.05, 0.1) is 0 Å². The highest BCUT2D eigenvalue weighted by Crippen LogP contribution is 2.30. The molecule has 17 heavy (non-hydrogen) atoms. The van der Waals surface area contributed by atoms with E-state index in [1.165, 1.54) is 37.8 Å². The number of benzene rings is 1. The summed E-state index contributed by atoms with van der Waals surface area (Å²) < 4.78 is 0. The van der Waals surface area contributed by atoms with Crippen molar-refractivity contribution in [3.63, 3.8) is 0 Å². The molecule has 0 amide bonds. The number of anilines is 1. The maximum atomic E-state index is 5.92. The summed E-state index contributed by atoms with van der Waals surface area (Å²) in [6, 6.07) is 10.4. The predicted octanol–water partition coefficient (Wildman–Crippen LogP) is 3.60. The molecule has 0 heterocycles. The highest BCUT2D eigenvalue weighted by Gasteiger charge is 2.29. The zero-order chi connectivity index (χ0) is 10.6. The number of nitrogens with one attached hydrogen (secondary N) is 1. The van der Waals surface area contributed by atoms with E-state index in [-0.39, 0.29) is 30.4 Å². The van der Waals surface area contributed by atoms with Gasteiger partial charge in [0, 0.05) is 17.8 Å². The molecule has 4 heteroatoms. The molecule has 98 valence electrons. The monoisotopic (exact) mass is 276 g/mol. The molecule has 0 unspecified atom stereocenters. The largest absolute Gasteiger partial charge is 0.378 e. The van der Waals surface area contributed by atoms with Gasteiger partial charge in [0.2, 0.25) is 0 Å². The van der Waals surface area contributed by atoms with E-state index in [1.807, 2.05) is 6.07 Å². The molecule has 1 aliphatic rings. The van der Waals surface area contributed by atoms with Crippen LogP contribution in [0.3, 0.4) is 0 Å². The van der Waals surface area contributed by atoms with Crippen molar-refractivity contribution < 1.29 is 0 Å². The fourth-order valence-electron chi connectivity index (χ4n) is 2.44. The van der Waals surface area contributed by atoms with Crippen molar-refractivity contribution in [2.24, 2.45) is 5.73 Å². The molecule has 0 saturated heterocycles. The zero-order valence-corrected chi connectivity index (χ0v) is 11.7. The molecule has 1 saturated carbocycles. The minimum absolute atomic E-state index is 0. The average molecular weight is 277 g/mol. The van der Waals surface area contributed by atoms with Gasteiger partial charge in [0.15, 0.2) is 0 Å². The minimum atomic E-state index is 0. The standard InChI is InChI=1S/C13H20N2.2ClH/c14-11-13(9-5-2-6-10-13)15-12-7-3-1-4-8-12;;/h1,3-4,7-8,15H,2,5-6,9-11,14H2;2*1H. The quantitative estimate of drug-likeness (QED) is 0.885. The normalized spacial score (nSPS) is 17.5. The van der Waals surface area contributed by atoms with Gasteiger partial charge in [-0.2, -0.15) is 0 Å². The smallest absolute Gasteiger partial charge is 0.0495 e. The summed E-state index contributed by atoms with van der Waals surface area (Å²) in [6.07, 6.45) is 6.38. The molecule has 3 N–H and O–H groups in total. The van der Waals surface area contributed by atoms with Crippen LogP contribution < -0.4 is 11.1 Å². The first-order chi connectivity index (χ1) is 7.35. The van der Waals surface area contributed by atoms with Gasteiger partial charge in [-0.25, -0.2) is 0 Å². The third-order valence-electron chi connectivity index (χ3n) is 3.38. The molecular weight excluding hydrogens is 255 g/mol. The summed E-state index contributed by atoms with van der Waals surface area (Å²) in [5, 5.41) is 3.62. The van der Waals surface area contributed by atoms with Crippen LogP contribution in [0.15, 0.2) is 30.3 Å². The van der Waals surface area contributed by atoms with Crippen molar-refractivity contribution >= 4 is 30.5 Å². The van der Waals surface area contributed by atoms with Crippen LogP contribution in [0.5, 0.6) is 0 Å². The molecule has 0 bridgehead atoms. The molecule has 1 aromatic rings. The first-order valence-corrected chi connectivity index (χ1v) is 5.88. The molecule has 2 rings (SSSR count). The second-order valence-electron chi connectivity index (χ2n) is 4.54. The summed E-state index contributed by atoms with van der Waals surface area (Å²) in [5.41, 5.74) is 7.27. The van der Waals surface area contributed by atoms with Gasteiger partial charge >= 0.3 is 0 Å². The lowest BCUT2D eigenvalue weighted by Gasteiger charge is -2.38. The summed E-state index contributed by atoms with van der Waals surface area (Å²) in [7, 11) is 0. The molecular formula is C13H22Cl2N2. The second-order valence-corrected chi connectivity index (χ2v) is 4.54. The lowest BCUT2D eigenvalue weighted by Crippen LogP contribution is -2.46. The van der Waals surface area contributed by atoms with Crippen molar-refractivity contribution in [2.75, 3.05) is 11.9 Å². The number of halogens is 2. The lowest BCUT2D eigenvalue weighted by molar-refractivity contribution is 0.331. The van der Waals surface area contributed by atoms with Gasteiger partial charge in [-0.3, -0.25) is 0 Å². The number of rotatable bonds is 3. The third-order valence-corrected chi connectivity index (χ3v) is 3.38. The van der Waals surface area contributed by atoms with Crippen molar-refractivity contribution in [1.29, 1.82) is 0 Å². The molecule has 0 aromatic heterocycles. The van der Waals surface area contributed by atoms with E-state index in [0.717, 1.165) is 6.54 Å². The first-order valence-electron chi connectivity index (χ1n) is 5.88. The third kappa shape index (κ3) is 4.38. The maximum Gasteiger partial charge on any atom is 0.0495 e. The summed E-state index contributed by atoms with van der Waals surface area (Å²) >= 11 is 0. The summed E-state index contributed by atoms with van der Waals surface area (Å²) in [5.74, 6) is 0. The zero-order valence-electron chi connectivity index (χ0n) is 10.0. The van der Waals surface area contributed by atoms with Crippen LogP contribution >= 0.6 is 24.8 Å². The molecule has 0 aliphatic heterocycles. The Labute approximate surface area is 116 Å². The molecule has 1 aliphatic carbocycles. The van der Waals surface area contributed by atoms with Gasteiger partial charge < -0.3 is 11.1 Å². The number of hydrogen-bond donors (Lipinski definition) is 2. The van der Waals surface area contributed by atoms with E-state index < -0.39 is 0 Å². The molecule has 0 atom stereocenters. The van der Waals surface area contributed by atoms with Gasteiger partial charge in [-0.1, -0.05) is 37.5 Å². The Kier molecular flexibility index (Phi) is 7.60. The maximum absolute atomic E-state index is 5.92. The predicted molar refractivity (Wildman–Crippen MR) is 79.4 cm³/mol. The second kappa shape index (κ2) is 7.80. The van der Waals surface area contributed by atoms with Crippen LogP contribution in [0.2, 0.25) is 0 Å². The first kappa shape index (κ1) is 16.6. The van der Waals surface area contributed by atoms with Gasteiger partial charge in [-0.15, -0.1) is 24.8 Å². The highest BCUT2D eigenvalue weighted by atomic mass is 35.5. The molecule has 0 spiro atoms. The fourth-order valence-corrected chi connectivity index (χ4v) is 2.44. The van der Waals surface area contributed by atoms with E-state index in [2.05, 4.69) is 29.6 Å². The topological polar surface area (TPSA) is 38.0 Å². The SMILES string of the molecule is Cl.Cl.NCC1(Nc2ccccc2)CCCCC1. The van der Waals surface area contributed by atoms with Gasteiger partial charge in [0.25, 0.3) is 0 Å². The Hall–Kier alpha value is -0.440. The minimum Gasteiger partial charge on any atom is -0.378 e. The number of para-hydroxylation sites is 1. The number of nitrogens with two attached hydrogens (primary N) is 1. The van der Waals surface area contributed by atoms with E-state index in [9.17, 15) is 0 Å². The Morgan fingerprint density at radius 1 is 1.00 bits per heavy atom. The Morgan fingerprint density at radius 2 is 1.59 bits per heavy atom. The van der Waals surface area contributed by atoms with Crippen molar-refractivity contribution in [3.8, 4) is 0 Å². The van der Waals surface area contributed by atoms with E-state index in [4.69, 9.17) is 5.73 Å².